The Morgan fingerprint density at radius 3 is 1.00 bits per heavy atom. The van der Waals surface area contributed by atoms with Gasteiger partial charge < -0.3 is 14.2 Å². The first-order chi connectivity index (χ1) is 33.5. The van der Waals surface area contributed by atoms with Crippen molar-refractivity contribution in [3.05, 3.63) is 109 Å². The molecular weight excluding hydrogens is 841 g/mol. The third kappa shape index (κ3) is 53.0. The van der Waals surface area contributed by atoms with Gasteiger partial charge in [-0.2, -0.15) is 0 Å². The summed E-state index contributed by atoms with van der Waals surface area (Å²) in [6.07, 6.45) is 74.9. The van der Waals surface area contributed by atoms with Crippen molar-refractivity contribution in [1.29, 1.82) is 0 Å². The van der Waals surface area contributed by atoms with Crippen LogP contribution in [0.15, 0.2) is 109 Å². The molecule has 0 saturated heterocycles. The van der Waals surface area contributed by atoms with Gasteiger partial charge in [-0.15, -0.1) is 0 Å². The maximum atomic E-state index is 12.9. The Hall–Kier alpha value is -3.93. The molecule has 1 atom stereocenters. The van der Waals surface area contributed by atoms with Gasteiger partial charge in [-0.1, -0.05) is 252 Å². The van der Waals surface area contributed by atoms with Crippen molar-refractivity contribution >= 4 is 17.9 Å². The van der Waals surface area contributed by atoms with E-state index in [1.54, 1.807) is 0 Å². The lowest BCUT2D eigenvalue weighted by atomic mass is 10.1. The highest BCUT2D eigenvalue weighted by atomic mass is 16.6. The van der Waals surface area contributed by atoms with Crippen molar-refractivity contribution in [3.63, 3.8) is 0 Å². The number of hydrogen-bond donors (Lipinski definition) is 0. The quantitative estimate of drug-likeness (QED) is 0.0199. The lowest BCUT2D eigenvalue weighted by Crippen LogP contribution is -2.30. The smallest absolute Gasteiger partial charge is 0.306 e. The van der Waals surface area contributed by atoms with Gasteiger partial charge in [0.15, 0.2) is 6.10 Å². The minimum absolute atomic E-state index is 0.0962. The molecule has 0 aromatic heterocycles. The molecule has 1 unspecified atom stereocenters. The molecule has 0 rings (SSSR count). The molecule has 0 radical (unpaired) electrons. The molecule has 68 heavy (non-hydrogen) atoms. The zero-order valence-corrected chi connectivity index (χ0v) is 44.1. The van der Waals surface area contributed by atoms with E-state index >= 15 is 0 Å². The zero-order chi connectivity index (χ0) is 49.3. The summed E-state index contributed by atoms with van der Waals surface area (Å²) in [6.45, 7) is 6.38. The molecule has 0 fully saturated rings. The zero-order valence-electron chi connectivity index (χ0n) is 44.1. The molecule has 6 nitrogen and oxygen atoms in total. The van der Waals surface area contributed by atoms with Crippen LogP contribution in [0.25, 0.3) is 0 Å². The van der Waals surface area contributed by atoms with E-state index in [1.807, 2.05) is 24.3 Å². The van der Waals surface area contributed by atoms with E-state index in [-0.39, 0.29) is 31.1 Å². The highest BCUT2D eigenvalue weighted by Gasteiger charge is 2.19. The fourth-order valence-electron chi connectivity index (χ4n) is 7.47. The first kappa shape index (κ1) is 64.1. The first-order valence-electron chi connectivity index (χ1n) is 28.0. The molecule has 0 aliphatic rings. The molecule has 0 bridgehead atoms. The lowest BCUT2D eigenvalue weighted by Gasteiger charge is -2.18. The molecule has 0 heterocycles. The van der Waals surface area contributed by atoms with Crippen LogP contribution in [0.2, 0.25) is 0 Å². The van der Waals surface area contributed by atoms with Crippen molar-refractivity contribution in [2.45, 2.75) is 252 Å². The Morgan fingerprint density at radius 1 is 0.309 bits per heavy atom. The summed E-state index contributed by atoms with van der Waals surface area (Å²) in [4.78, 5) is 38.1. The largest absolute Gasteiger partial charge is 0.462 e. The second-order valence-electron chi connectivity index (χ2n) is 18.3. The van der Waals surface area contributed by atoms with Gasteiger partial charge in [-0.3, -0.25) is 14.4 Å². The summed E-state index contributed by atoms with van der Waals surface area (Å²) in [7, 11) is 0. The van der Waals surface area contributed by atoms with Gasteiger partial charge >= 0.3 is 17.9 Å². The molecule has 0 spiro atoms. The minimum Gasteiger partial charge on any atom is -0.462 e. The van der Waals surface area contributed by atoms with E-state index in [0.29, 0.717) is 19.3 Å². The van der Waals surface area contributed by atoms with Crippen LogP contribution in [0.5, 0.6) is 0 Å². The Kier molecular flexibility index (Phi) is 52.4. The van der Waals surface area contributed by atoms with E-state index in [0.717, 1.165) is 96.3 Å². The van der Waals surface area contributed by atoms with Gasteiger partial charge in [0.1, 0.15) is 13.2 Å². The second-order valence-corrected chi connectivity index (χ2v) is 18.3. The van der Waals surface area contributed by atoms with Crippen LogP contribution in [0.4, 0.5) is 0 Å². The molecule has 0 amide bonds. The Bertz CT molecular complexity index is 1410. The summed E-state index contributed by atoms with van der Waals surface area (Å²) in [5, 5.41) is 0. The summed E-state index contributed by atoms with van der Waals surface area (Å²) >= 11 is 0. The minimum atomic E-state index is -0.799. The van der Waals surface area contributed by atoms with Gasteiger partial charge in [-0.05, 0) is 83.5 Å². The molecule has 0 aromatic carbocycles. The van der Waals surface area contributed by atoms with E-state index in [1.165, 1.54) is 109 Å². The summed E-state index contributed by atoms with van der Waals surface area (Å²) < 4.78 is 16.8. The predicted molar refractivity (Wildman–Crippen MR) is 293 cm³/mol. The van der Waals surface area contributed by atoms with Gasteiger partial charge in [0.2, 0.25) is 0 Å². The Balaban J connectivity index is 4.48. The lowest BCUT2D eigenvalue weighted by molar-refractivity contribution is -0.167. The average molecular weight is 943 g/mol. The van der Waals surface area contributed by atoms with Gasteiger partial charge in [0.25, 0.3) is 0 Å². The molecule has 0 aromatic rings. The summed E-state index contributed by atoms with van der Waals surface area (Å²) in [5.41, 5.74) is 0. The van der Waals surface area contributed by atoms with Crippen molar-refractivity contribution in [3.8, 4) is 0 Å². The van der Waals surface area contributed by atoms with E-state index in [4.69, 9.17) is 14.2 Å². The van der Waals surface area contributed by atoms with Crippen LogP contribution in [-0.2, 0) is 28.6 Å². The van der Waals surface area contributed by atoms with Crippen LogP contribution >= 0.6 is 0 Å². The van der Waals surface area contributed by atoms with Crippen molar-refractivity contribution < 1.29 is 28.6 Å². The fraction of sp³-hybridized carbons (Fsp3) is 0.661. The normalized spacial score (nSPS) is 12.9. The summed E-state index contributed by atoms with van der Waals surface area (Å²) in [6, 6.07) is 0. The number of carbonyl (C=O) groups excluding carboxylic acids is 3. The third-order valence-electron chi connectivity index (χ3n) is 11.7. The van der Waals surface area contributed by atoms with Crippen LogP contribution in [0.1, 0.15) is 245 Å². The maximum Gasteiger partial charge on any atom is 0.306 e. The number of esters is 3. The number of rotatable bonds is 49. The summed E-state index contributed by atoms with van der Waals surface area (Å²) in [5.74, 6) is -0.937. The fourth-order valence-corrected chi connectivity index (χ4v) is 7.47. The van der Waals surface area contributed by atoms with E-state index < -0.39 is 6.10 Å². The van der Waals surface area contributed by atoms with Gasteiger partial charge in [-0.25, -0.2) is 0 Å². The van der Waals surface area contributed by atoms with Gasteiger partial charge in [0.05, 0.1) is 0 Å². The number of unbranched alkanes of at least 4 members (excludes halogenated alkanes) is 26. The topological polar surface area (TPSA) is 78.9 Å². The monoisotopic (exact) mass is 943 g/mol. The predicted octanol–water partition coefficient (Wildman–Crippen LogP) is 18.7. The number of carbonyl (C=O) groups is 3. The highest BCUT2D eigenvalue weighted by Crippen LogP contribution is 2.15. The first-order valence-corrected chi connectivity index (χ1v) is 28.0. The van der Waals surface area contributed by atoms with E-state index in [2.05, 4.69) is 106 Å². The Morgan fingerprint density at radius 2 is 0.618 bits per heavy atom. The van der Waals surface area contributed by atoms with Crippen molar-refractivity contribution in [2.24, 2.45) is 0 Å². The van der Waals surface area contributed by atoms with Crippen LogP contribution < -0.4 is 0 Å². The van der Waals surface area contributed by atoms with Crippen LogP contribution in [0.3, 0.4) is 0 Å². The molecule has 0 aliphatic carbocycles. The van der Waals surface area contributed by atoms with Crippen molar-refractivity contribution in [1.82, 2.24) is 0 Å². The molecular formula is C62H102O6. The SMILES string of the molecule is CC\C=C/C=C\C=C/CCCCCCCCCC(=O)OCC(COC(=O)CCCCCCC\C=C/C=C\C=C/C=C\C=C/CCC)OC(=O)CCCCCCCCC/C=C\CCCCCCCC. The molecule has 6 heteroatoms. The van der Waals surface area contributed by atoms with Gasteiger partial charge in [0, 0.05) is 19.3 Å². The number of ether oxygens (including phenoxy) is 3. The molecule has 0 N–H and O–H groups in total. The molecule has 0 aliphatic heterocycles. The molecule has 0 saturated carbocycles. The number of allylic oxidation sites excluding steroid dienone is 18. The number of hydrogen-bond acceptors (Lipinski definition) is 6. The van der Waals surface area contributed by atoms with Crippen LogP contribution in [-0.4, -0.2) is 37.2 Å². The maximum absolute atomic E-state index is 12.9. The average Bonchev–Trinajstić information content (AvgIpc) is 3.34. The third-order valence-corrected chi connectivity index (χ3v) is 11.7. The highest BCUT2D eigenvalue weighted by molar-refractivity contribution is 5.71. The molecule has 386 valence electrons. The Labute approximate surface area is 419 Å². The van der Waals surface area contributed by atoms with Crippen LogP contribution in [0, 0.1) is 0 Å². The second kappa shape index (κ2) is 55.7. The van der Waals surface area contributed by atoms with E-state index in [9.17, 15) is 14.4 Å². The van der Waals surface area contributed by atoms with Crippen molar-refractivity contribution in [2.75, 3.05) is 13.2 Å². The standard InChI is InChI=1S/C62H102O6/c1-4-7-10-13-16-19-22-25-28-30-32-34-37-40-43-46-49-52-55-61(64)67-58-59(57-66-60(63)54-51-48-45-42-39-36-33-27-24-21-18-15-12-9-6-3)68-62(65)56-53-50-47-44-41-38-35-31-29-26-23-20-17-14-11-8-5-2/h9-10,12-13,15-16,18-19,21-22,24-26,28-30,32,34,59H,4-8,11,14,17,20,23,27,31,33,35-58H2,1-3H3/b12-9-,13-10-,18-15-,19-16-,24-21-,25-22-,29-26-,30-28-,34-32-.